The van der Waals surface area contributed by atoms with E-state index in [9.17, 15) is 4.79 Å². The van der Waals surface area contributed by atoms with Gasteiger partial charge in [0, 0.05) is 12.7 Å². The molecule has 14 heavy (non-hydrogen) atoms. The summed E-state index contributed by atoms with van der Waals surface area (Å²) in [6, 6.07) is 0. The molecule has 0 aromatic carbocycles. The lowest BCUT2D eigenvalue weighted by Crippen LogP contribution is -2.42. The second-order valence-corrected chi connectivity index (χ2v) is 3.61. The first-order valence-electron chi connectivity index (χ1n) is 4.72. The smallest absolute Gasteiger partial charge is 0.338 e. The van der Waals surface area contributed by atoms with Crippen LogP contribution in [0.15, 0.2) is 12.4 Å². The van der Waals surface area contributed by atoms with Gasteiger partial charge < -0.3 is 10.4 Å². The fourth-order valence-corrected chi connectivity index (χ4v) is 1.46. The predicted octanol–water partition coefficient (Wildman–Crippen LogP) is 0.191. The van der Waals surface area contributed by atoms with E-state index in [0.717, 1.165) is 32.0 Å². The molecule has 0 spiro atoms. The molecular formula is C9H13N3O2. The topological polar surface area (TPSA) is 67.1 Å². The van der Waals surface area contributed by atoms with Crippen LogP contribution in [-0.4, -0.2) is 33.9 Å². The lowest BCUT2D eigenvalue weighted by Gasteiger charge is -2.26. The maximum absolute atomic E-state index is 10.6. The molecular weight excluding hydrogens is 182 g/mol. The van der Waals surface area contributed by atoms with Crippen LogP contribution in [0.4, 0.5) is 0 Å². The molecule has 5 nitrogen and oxygen atoms in total. The number of nitrogens with zero attached hydrogens (tertiary/aromatic N) is 2. The zero-order valence-corrected chi connectivity index (χ0v) is 7.81. The van der Waals surface area contributed by atoms with Gasteiger partial charge in [0.15, 0.2) is 0 Å². The van der Waals surface area contributed by atoms with Crippen molar-refractivity contribution < 1.29 is 9.90 Å². The number of carboxylic acids is 1. The van der Waals surface area contributed by atoms with E-state index in [4.69, 9.17) is 5.11 Å². The largest absolute Gasteiger partial charge is 0.478 e. The van der Waals surface area contributed by atoms with E-state index < -0.39 is 5.97 Å². The molecule has 0 aliphatic carbocycles. The van der Waals surface area contributed by atoms with Crippen molar-refractivity contribution in [3.05, 3.63) is 18.0 Å². The summed E-state index contributed by atoms with van der Waals surface area (Å²) in [5, 5.41) is 15.8. The monoisotopic (exact) mass is 195 g/mol. The Morgan fingerprint density at radius 3 is 3.00 bits per heavy atom. The van der Waals surface area contributed by atoms with E-state index in [0.29, 0.717) is 0 Å². The summed E-state index contributed by atoms with van der Waals surface area (Å²) in [6.45, 7) is 2.96. The molecule has 0 saturated carbocycles. The van der Waals surface area contributed by atoms with Gasteiger partial charge in [0.1, 0.15) is 0 Å². The van der Waals surface area contributed by atoms with Gasteiger partial charge in [0.05, 0.1) is 11.8 Å². The minimum atomic E-state index is -0.915. The van der Waals surface area contributed by atoms with Crippen molar-refractivity contribution in [1.82, 2.24) is 15.1 Å². The third kappa shape index (κ3) is 1.93. The summed E-state index contributed by atoms with van der Waals surface area (Å²) < 4.78 is 1.70. The highest BCUT2D eigenvalue weighted by Gasteiger charge is 2.16. The van der Waals surface area contributed by atoms with Crippen molar-refractivity contribution in [2.45, 2.75) is 13.0 Å². The normalized spacial score (nSPS) is 16.6. The quantitative estimate of drug-likeness (QED) is 0.719. The Hall–Kier alpha value is -1.36. The van der Waals surface area contributed by atoms with Crippen LogP contribution in [0.25, 0.3) is 0 Å². The summed E-state index contributed by atoms with van der Waals surface area (Å²) >= 11 is 0. The molecule has 2 rings (SSSR count). The molecule has 0 radical (unpaired) electrons. The summed E-state index contributed by atoms with van der Waals surface area (Å²) in [6.07, 6.45) is 4.03. The van der Waals surface area contributed by atoms with Crippen LogP contribution in [0.1, 0.15) is 16.8 Å². The number of aromatic carboxylic acids is 1. The number of aryl methyl sites for hydroxylation is 1. The number of nitrogens with one attached hydrogen (secondary N) is 1. The molecule has 1 saturated heterocycles. The van der Waals surface area contributed by atoms with Crippen molar-refractivity contribution >= 4 is 5.97 Å². The molecule has 0 atom stereocenters. The zero-order valence-electron chi connectivity index (χ0n) is 7.81. The van der Waals surface area contributed by atoms with Gasteiger partial charge in [-0.25, -0.2) is 4.79 Å². The van der Waals surface area contributed by atoms with Crippen molar-refractivity contribution in [1.29, 1.82) is 0 Å². The number of carboxylic acid groups (broad SMARTS) is 1. The van der Waals surface area contributed by atoms with Crippen molar-refractivity contribution in [3.63, 3.8) is 0 Å². The Bertz CT molecular complexity index is 331. The highest BCUT2D eigenvalue weighted by atomic mass is 16.4. The van der Waals surface area contributed by atoms with Gasteiger partial charge in [-0.05, 0) is 25.4 Å². The summed E-state index contributed by atoms with van der Waals surface area (Å²) in [4.78, 5) is 10.6. The Morgan fingerprint density at radius 2 is 2.50 bits per heavy atom. The first kappa shape index (κ1) is 9.21. The Labute approximate surface area is 81.7 Å². The van der Waals surface area contributed by atoms with Crippen LogP contribution in [0.2, 0.25) is 0 Å². The zero-order chi connectivity index (χ0) is 9.97. The van der Waals surface area contributed by atoms with Gasteiger partial charge in [0.25, 0.3) is 0 Å². The van der Waals surface area contributed by atoms with E-state index in [2.05, 4.69) is 10.4 Å². The molecule has 1 aliphatic heterocycles. The second-order valence-electron chi connectivity index (χ2n) is 3.61. The number of hydrogen-bond acceptors (Lipinski definition) is 3. The van der Waals surface area contributed by atoms with Gasteiger partial charge >= 0.3 is 5.97 Å². The Kier molecular flexibility index (Phi) is 2.49. The lowest BCUT2D eigenvalue weighted by molar-refractivity contribution is 0.0697. The summed E-state index contributed by atoms with van der Waals surface area (Å²) in [5.74, 6) is -0.186. The highest BCUT2D eigenvalue weighted by molar-refractivity contribution is 5.86. The maximum atomic E-state index is 10.6. The van der Waals surface area contributed by atoms with Crippen LogP contribution in [-0.2, 0) is 6.54 Å². The van der Waals surface area contributed by atoms with E-state index in [1.54, 1.807) is 10.9 Å². The van der Waals surface area contributed by atoms with Gasteiger partial charge in [-0.3, -0.25) is 4.68 Å². The van der Waals surface area contributed by atoms with Crippen molar-refractivity contribution in [2.24, 2.45) is 5.92 Å². The molecule has 1 fully saturated rings. The van der Waals surface area contributed by atoms with Gasteiger partial charge in [0.2, 0.25) is 0 Å². The Morgan fingerprint density at radius 1 is 1.71 bits per heavy atom. The fourth-order valence-electron chi connectivity index (χ4n) is 1.46. The first-order valence-corrected chi connectivity index (χ1v) is 4.72. The lowest BCUT2D eigenvalue weighted by atomic mass is 10.00. The average Bonchev–Trinajstić information content (AvgIpc) is 2.50. The number of hydrogen-bond donors (Lipinski definition) is 2. The average molecular weight is 195 g/mol. The van der Waals surface area contributed by atoms with E-state index in [1.165, 1.54) is 6.20 Å². The summed E-state index contributed by atoms with van der Waals surface area (Å²) in [7, 11) is 0. The number of carbonyl (C=O) groups is 1. The van der Waals surface area contributed by atoms with Crippen LogP contribution in [0.5, 0.6) is 0 Å². The van der Waals surface area contributed by atoms with Gasteiger partial charge in [-0.1, -0.05) is 0 Å². The molecule has 76 valence electrons. The predicted molar refractivity (Wildman–Crippen MR) is 50.2 cm³/mol. The number of aromatic nitrogens is 2. The Balaban J connectivity index is 1.86. The van der Waals surface area contributed by atoms with Crippen molar-refractivity contribution in [2.75, 3.05) is 13.1 Å². The molecule has 5 heteroatoms. The van der Waals surface area contributed by atoms with Crippen molar-refractivity contribution in [3.8, 4) is 0 Å². The van der Waals surface area contributed by atoms with Crippen LogP contribution in [0.3, 0.4) is 0 Å². The first-order chi connectivity index (χ1) is 6.75. The molecule has 2 heterocycles. The van der Waals surface area contributed by atoms with E-state index >= 15 is 0 Å². The molecule has 1 aromatic rings. The molecule has 0 amide bonds. The maximum Gasteiger partial charge on any atom is 0.338 e. The molecule has 1 aliphatic rings. The van der Waals surface area contributed by atoms with Crippen LogP contribution in [0, 0.1) is 5.92 Å². The van der Waals surface area contributed by atoms with E-state index in [1.807, 2.05) is 0 Å². The minimum Gasteiger partial charge on any atom is -0.478 e. The molecule has 2 N–H and O–H groups in total. The third-order valence-electron chi connectivity index (χ3n) is 2.51. The highest BCUT2D eigenvalue weighted by Crippen LogP contribution is 2.09. The minimum absolute atomic E-state index is 0.261. The third-order valence-corrected chi connectivity index (χ3v) is 2.51. The van der Waals surface area contributed by atoms with E-state index in [-0.39, 0.29) is 5.56 Å². The van der Waals surface area contributed by atoms with Gasteiger partial charge in [-0.15, -0.1) is 0 Å². The van der Waals surface area contributed by atoms with Crippen LogP contribution < -0.4 is 5.32 Å². The molecule has 0 bridgehead atoms. The fraction of sp³-hybridized carbons (Fsp3) is 0.556. The standard InChI is InChI=1S/C9H13N3O2/c13-9(14)8-5-11-12(6-8)2-1-7-3-10-4-7/h5-7,10H,1-4H2,(H,13,14). The SMILES string of the molecule is O=C(O)c1cnn(CCC2CNC2)c1. The summed E-state index contributed by atoms with van der Waals surface area (Å²) in [5.41, 5.74) is 0.261. The second kappa shape index (κ2) is 3.79. The molecule has 1 aromatic heterocycles. The van der Waals surface area contributed by atoms with Gasteiger partial charge in [-0.2, -0.15) is 5.10 Å². The molecule has 0 unspecified atom stereocenters. The number of rotatable bonds is 4. The van der Waals surface area contributed by atoms with Crippen LogP contribution >= 0.6 is 0 Å².